The van der Waals surface area contributed by atoms with Gasteiger partial charge in [-0.1, -0.05) is 17.3 Å². The summed E-state index contributed by atoms with van der Waals surface area (Å²) in [6.45, 7) is 0.537. The molecule has 0 atom stereocenters. The van der Waals surface area contributed by atoms with E-state index in [-0.39, 0.29) is 6.54 Å². The Morgan fingerprint density at radius 2 is 1.84 bits per heavy atom. The lowest BCUT2D eigenvalue weighted by Crippen LogP contribution is -1.96. The molecule has 98 valence electrons. The first-order valence-electron chi connectivity index (χ1n) is 5.81. The molecule has 0 unspecified atom stereocenters. The van der Waals surface area contributed by atoms with Crippen molar-refractivity contribution in [1.29, 1.82) is 0 Å². The normalized spacial score (nSPS) is 9.95. The number of nitrogens with zero attached hydrogens (tertiary/aromatic N) is 2. The first-order chi connectivity index (χ1) is 9.31. The maximum atomic E-state index is 10.1. The quantitative estimate of drug-likeness (QED) is 0.747. The predicted molar refractivity (Wildman–Crippen MR) is 71.1 cm³/mol. The number of hydrogen-bond acceptors (Lipinski definition) is 5. The molecule has 0 aliphatic rings. The van der Waals surface area contributed by atoms with Crippen LogP contribution in [0.3, 0.4) is 0 Å². The molecule has 0 saturated heterocycles. The van der Waals surface area contributed by atoms with Crippen LogP contribution in [0.5, 0.6) is 11.5 Å². The molecular formula is C14H14N2O3. The van der Waals surface area contributed by atoms with Gasteiger partial charge in [-0.15, -0.1) is 0 Å². The second-order valence-corrected chi connectivity index (χ2v) is 3.91. The third kappa shape index (κ3) is 3.77. The minimum absolute atomic E-state index is 0.0821. The van der Waals surface area contributed by atoms with E-state index in [9.17, 15) is 4.91 Å². The number of benzene rings is 1. The van der Waals surface area contributed by atoms with Gasteiger partial charge in [0.15, 0.2) is 0 Å². The van der Waals surface area contributed by atoms with E-state index in [1.54, 1.807) is 25.4 Å². The molecule has 0 N–H and O–H groups in total. The van der Waals surface area contributed by atoms with Crippen molar-refractivity contribution < 1.29 is 9.47 Å². The Morgan fingerprint density at radius 3 is 2.42 bits per heavy atom. The van der Waals surface area contributed by atoms with Crippen LogP contribution in [0.2, 0.25) is 0 Å². The van der Waals surface area contributed by atoms with Crippen molar-refractivity contribution in [2.24, 2.45) is 5.18 Å². The van der Waals surface area contributed by atoms with Crippen LogP contribution in [-0.2, 0) is 13.2 Å². The van der Waals surface area contributed by atoms with Crippen LogP contribution in [-0.4, -0.2) is 12.1 Å². The van der Waals surface area contributed by atoms with Crippen molar-refractivity contribution in [2.45, 2.75) is 13.2 Å². The zero-order chi connectivity index (χ0) is 13.5. The zero-order valence-corrected chi connectivity index (χ0v) is 10.6. The second kappa shape index (κ2) is 6.49. The highest BCUT2D eigenvalue weighted by molar-refractivity contribution is 5.27. The van der Waals surface area contributed by atoms with E-state index in [0.717, 1.165) is 11.3 Å². The van der Waals surface area contributed by atoms with Gasteiger partial charge in [-0.25, -0.2) is 0 Å². The summed E-state index contributed by atoms with van der Waals surface area (Å²) in [6, 6.07) is 11.2. The van der Waals surface area contributed by atoms with Gasteiger partial charge in [0.25, 0.3) is 0 Å². The minimum atomic E-state index is 0.0821. The summed E-state index contributed by atoms with van der Waals surface area (Å²) >= 11 is 0. The Labute approximate surface area is 111 Å². The molecule has 1 aromatic carbocycles. The summed E-state index contributed by atoms with van der Waals surface area (Å²) in [5, 5.41) is 2.78. The summed E-state index contributed by atoms with van der Waals surface area (Å²) in [4.78, 5) is 14.2. The van der Waals surface area contributed by atoms with E-state index in [2.05, 4.69) is 10.2 Å². The van der Waals surface area contributed by atoms with Crippen molar-refractivity contribution in [3.05, 3.63) is 58.8 Å². The van der Waals surface area contributed by atoms with E-state index >= 15 is 0 Å². The summed E-state index contributed by atoms with van der Waals surface area (Å²) in [7, 11) is 1.63. The fourth-order valence-electron chi connectivity index (χ4n) is 1.54. The molecule has 0 saturated carbocycles. The minimum Gasteiger partial charge on any atom is -0.497 e. The predicted octanol–water partition coefficient (Wildman–Crippen LogP) is 2.94. The summed E-state index contributed by atoms with van der Waals surface area (Å²) in [6.07, 6.45) is 1.59. The lowest BCUT2D eigenvalue weighted by molar-refractivity contribution is 0.304. The van der Waals surface area contributed by atoms with Crippen molar-refractivity contribution in [3.63, 3.8) is 0 Å². The summed E-state index contributed by atoms with van der Waals surface area (Å²) in [5.74, 6) is 1.47. The van der Waals surface area contributed by atoms with E-state index in [0.29, 0.717) is 18.1 Å². The van der Waals surface area contributed by atoms with Crippen molar-refractivity contribution >= 4 is 0 Å². The molecule has 1 heterocycles. The van der Waals surface area contributed by atoms with Crippen LogP contribution in [0.4, 0.5) is 0 Å². The number of aromatic nitrogens is 1. The van der Waals surface area contributed by atoms with Crippen LogP contribution >= 0.6 is 0 Å². The van der Waals surface area contributed by atoms with Gasteiger partial charge >= 0.3 is 0 Å². The van der Waals surface area contributed by atoms with Gasteiger partial charge < -0.3 is 9.47 Å². The van der Waals surface area contributed by atoms with E-state index in [4.69, 9.17) is 9.47 Å². The van der Waals surface area contributed by atoms with E-state index < -0.39 is 0 Å². The molecule has 5 heteroatoms. The second-order valence-electron chi connectivity index (χ2n) is 3.91. The summed E-state index contributed by atoms with van der Waals surface area (Å²) in [5.41, 5.74) is 1.67. The van der Waals surface area contributed by atoms with E-state index in [1.807, 2.05) is 24.3 Å². The van der Waals surface area contributed by atoms with Gasteiger partial charge in [0, 0.05) is 0 Å². The summed E-state index contributed by atoms with van der Waals surface area (Å²) < 4.78 is 10.7. The molecule has 19 heavy (non-hydrogen) atoms. The van der Waals surface area contributed by atoms with Crippen LogP contribution in [0.1, 0.15) is 11.3 Å². The largest absolute Gasteiger partial charge is 0.497 e. The van der Waals surface area contributed by atoms with Gasteiger partial charge in [-0.3, -0.25) is 4.98 Å². The molecule has 0 fully saturated rings. The van der Waals surface area contributed by atoms with Gasteiger partial charge in [0.05, 0.1) is 19.0 Å². The smallest absolute Gasteiger partial charge is 0.138 e. The van der Waals surface area contributed by atoms with Crippen molar-refractivity contribution in [1.82, 2.24) is 4.98 Å². The highest BCUT2D eigenvalue weighted by Gasteiger charge is 1.99. The standard InChI is InChI=1S/C14H14N2O3/c1-18-13-5-2-11(3-6-13)10-19-14-7-4-12(8-16-17)15-9-14/h2-7,9H,8,10H2,1H3. The Bertz CT molecular complexity index is 523. The molecule has 2 aromatic rings. The SMILES string of the molecule is COc1ccc(COc2ccc(CN=O)nc2)cc1. The lowest BCUT2D eigenvalue weighted by Gasteiger charge is -2.07. The molecule has 1 aromatic heterocycles. The van der Waals surface area contributed by atoms with Crippen molar-refractivity contribution in [2.75, 3.05) is 7.11 Å². The van der Waals surface area contributed by atoms with Crippen LogP contribution in [0.25, 0.3) is 0 Å². The van der Waals surface area contributed by atoms with Gasteiger partial charge in [0.2, 0.25) is 0 Å². The first-order valence-corrected chi connectivity index (χ1v) is 5.81. The Kier molecular flexibility index (Phi) is 4.44. The molecule has 0 amide bonds. The van der Waals surface area contributed by atoms with Gasteiger partial charge in [-0.2, -0.15) is 4.91 Å². The van der Waals surface area contributed by atoms with E-state index in [1.165, 1.54) is 0 Å². The highest BCUT2D eigenvalue weighted by atomic mass is 16.5. The molecule has 5 nitrogen and oxygen atoms in total. The first kappa shape index (κ1) is 13.0. The highest BCUT2D eigenvalue weighted by Crippen LogP contribution is 2.15. The third-order valence-electron chi connectivity index (χ3n) is 2.59. The number of hydrogen-bond donors (Lipinski definition) is 0. The maximum absolute atomic E-state index is 10.1. The average molecular weight is 258 g/mol. The van der Waals surface area contributed by atoms with Crippen LogP contribution in [0.15, 0.2) is 47.8 Å². The zero-order valence-electron chi connectivity index (χ0n) is 10.6. The van der Waals surface area contributed by atoms with Gasteiger partial charge in [-0.05, 0) is 29.8 Å². The third-order valence-corrected chi connectivity index (χ3v) is 2.59. The molecule has 0 spiro atoms. The molecule has 0 aliphatic heterocycles. The molecule has 2 rings (SSSR count). The average Bonchev–Trinajstić information content (AvgIpc) is 2.47. The Balaban J connectivity index is 1.91. The number of rotatable bonds is 6. The fraction of sp³-hybridized carbons (Fsp3) is 0.214. The molecular weight excluding hydrogens is 244 g/mol. The molecule has 0 bridgehead atoms. The topological polar surface area (TPSA) is 60.8 Å². The van der Waals surface area contributed by atoms with Crippen LogP contribution in [0, 0.1) is 4.91 Å². The fourth-order valence-corrected chi connectivity index (χ4v) is 1.54. The molecule has 0 radical (unpaired) electrons. The van der Waals surface area contributed by atoms with Crippen molar-refractivity contribution in [3.8, 4) is 11.5 Å². The number of pyridine rings is 1. The number of methoxy groups -OCH3 is 1. The Hall–Kier alpha value is -2.43. The Morgan fingerprint density at radius 1 is 1.11 bits per heavy atom. The monoisotopic (exact) mass is 258 g/mol. The number of nitroso groups, excluding NO2 is 1. The maximum Gasteiger partial charge on any atom is 0.138 e. The lowest BCUT2D eigenvalue weighted by atomic mass is 10.2. The van der Waals surface area contributed by atoms with Gasteiger partial charge in [0.1, 0.15) is 24.7 Å². The number of ether oxygens (including phenoxy) is 2. The molecule has 0 aliphatic carbocycles. The van der Waals surface area contributed by atoms with Crippen LogP contribution < -0.4 is 9.47 Å².